The first-order valence-corrected chi connectivity index (χ1v) is 10.9. The molecular formula is C23H35NO6. The Labute approximate surface area is 178 Å². The number of carbonyl (C=O) groups is 3. The minimum atomic E-state index is -1.20. The van der Waals surface area contributed by atoms with E-state index in [2.05, 4.69) is 36.5 Å². The first-order valence-electron chi connectivity index (χ1n) is 10.9. The van der Waals surface area contributed by atoms with E-state index in [0.717, 1.165) is 62.9 Å². The van der Waals surface area contributed by atoms with Crippen LogP contribution in [0.4, 0.5) is 0 Å². The fourth-order valence-electron chi connectivity index (χ4n) is 3.00. The van der Waals surface area contributed by atoms with Crippen LogP contribution in [0.2, 0.25) is 0 Å². The standard InChI is InChI=1S/C23H35NO6/c1-2-19-20(30-19)14-12-10-8-6-4-3-5-7-9-11-13-15-21(25)24-18(23(28)29)16-17-22(26)27/h4,6,10,12,18H,2-3,5,7-9,11,13-17H2,1H3,(H,24,25)(H,26,27)(H,28,29)/b6-4-,12-10-. The monoisotopic (exact) mass is 421 g/mol. The second-order valence-electron chi connectivity index (χ2n) is 7.38. The zero-order valence-electron chi connectivity index (χ0n) is 17.9. The Morgan fingerprint density at radius 1 is 0.933 bits per heavy atom. The summed E-state index contributed by atoms with van der Waals surface area (Å²) in [5.74, 6) is -0.354. The number of amides is 1. The van der Waals surface area contributed by atoms with Gasteiger partial charge in [0.15, 0.2) is 0 Å². The van der Waals surface area contributed by atoms with Crippen LogP contribution in [0.15, 0.2) is 35.8 Å². The predicted molar refractivity (Wildman–Crippen MR) is 115 cm³/mol. The molecule has 0 aliphatic carbocycles. The van der Waals surface area contributed by atoms with E-state index < -0.39 is 18.0 Å². The molecule has 1 atom stereocenters. The van der Waals surface area contributed by atoms with Gasteiger partial charge in [-0.05, 0) is 32.1 Å². The van der Waals surface area contributed by atoms with Gasteiger partial charge in [0.2, 0.25) is 5.91 Å². The third kappa shape index (κ3) is 12.8. The van der Waals surface area contributed by atoms with Crippen LogP contribution in [0.25, 0.3) is 0 Å². The number of hydrogen-bond donors (Lipinski definition) is 3. The van der Waals surface area contributed by atoms with Crippen molar-refractivity contribution in [3.8, 4) is 0 Å². The van der Waals surface area contributed by atoms with Gasteiger partial charge in [0.05, 0.1) is 0 Å². The normalized spacial score (nSPS) is 14.2. The predicted octanol–water partition coefficient (Wildman–Crippen LogP) is 4.70. The lowest BCUT2D eigenvalue weighted by molar-refractivity contribution is -0.143. The highest BCUT2D eigenvalue weighted by Gasteiger charge is 2.21. The molecule has 1 heterocycles. The molecular weight excluding hydrogens is 386 g/mol. The summed E-state index contributed by atoms with van der Waals surface area (Å²) in [5, 5.41) is 20.0. The lowest BCUT2D eigenvalue weighted by atomic mass is 10.1. The molecule has 168 valence electrons. The van der Waals surface area contributed by atoms with Gasteiger partial charge < -0.3 is 20.3 Å². The molecule has 0 fully saturated rings. The van der Waals surface area contributed by atoms with Gasteiger partial charge in [-0.2, -0.15) is 0 Å². The van der Waals surface area contributed by atoms with Crippen molar-refractivity contribution in [2.45, 2.75) is 90.0 Å². The maximum atomic E-state index is 11.8. The number of rotatable bonds is 18. The highest BCUT2D eigenvalue weighted by atomic mass is 16.6. The van der Waals surface area contributed by atoms with E-state index in [9.17, 15) is 14.4 Å². The minimum absolute atomic E-state index is 0.105. The molecule has 1 aliphatic rings. The van der Waals surface area contributed by atoms with Crippen molar-refractivity contribution >= 4 is 17.8 Å². The number of carbonyl (C=O) groups excluding carboxylic acids is 1. The summed E-state index contributed by atoms with van der Waals surface area (Å²) in [6, 6.07) is -1.14. The molecule has 0 spiro atoms. The molecule has 1 unspecified atom stereocenters. The Morgan fingerprint density at radius 3 is 2.30 bits per heavy atom. The van der Waals surface area contributed by atoms with Gasteiger partial charge in [0, 0.05) is 25.7 Å². The van der Waals surface area contributed by atoms with Crippen molar-refractivity contribution in [2.75, 3.05) is 0 Å². The number of ether oxygens (including phenoxy) is 1. The maximum Gasteiger partial charge on any atom is 0.326 e. The summed E-state index contributed by atoms with van der Waals surface area (Å²) in [7, 11) is 0. The van der Waals surface area contributed by atoms with Crippen LogP contribution >= 0.6 is 0 Å². The average molecular weight is 422 g/mol. The van der Waals surface area contributed by atoms with E-state index in [0.29, 0.717) is 6.42 Å². The first kappa shape index (κ1) is 25.5. The molecule has 0 radical (unpaired) electrons. The zero-order chi connectivity index (χ0) is 22.2. The Bertz CT molecular complexity index is 650. The highest BCUT2D eigenvalue weighted by Crippen LogP contribution is 2.31. The lowest BCUT2D eigenvalue weighted by Crippen LogP contribution is -2.41. The van der Waals surface area contributed by atoms with E-state index in [1.165, 1.54) is 0 Å². The van der Waals surface area contributed by atoms with Crippen molar-refractivity contribution in [1.29, 1.82) is 0 Å². The molecule has 7 nitrogen and oxygen atoms in total. The number of carboxylic acid groups (broad SMARTS) is 2. The highest BCUT2D eigenvalue weighted by molar-refractivity contribution is 5.83. The van der Waals surface area contributed by atoms with Crippen LogP contribution in [-0.2, 0) is 19.1 Å². The number of nitrogens with one attached hydrogen (secondary N) is 1. The first-order chi connectivity index (χ1) is 14.4. The number of aliphatic carboxylic acids is 2. The molecule has 1 aliphatic heterocycles. The van der Waals surface area contributed by atoms with Crippen LogP contribution in [0.1, 0.15) is 84.0 Å². The molecule has 0 aromatic rings. The number of allylic oxidation sites excluding steroid dienone is 5. The van der Waals surface area contributed by atoms with Gasteiger partial charge in [-0.25, -0.2) is 4.79 Å². The zero-order valence-corrected chi connectivity index (χ0v) is 17.9. The minimum Gasteiger partial charge on any atom is -0.481 e. The fourth-order valence-corrected chi connectivity index (χ4v) is 3.00. The van der Waals surface area contributed by atoms with Gasteiger partial charge in [-0.15, -0.1) is 0 Å². The lowest BCUT2D eigenvalue weighted by Gasteiger charge is -2.13. The molecule has 0 saturated carbocycles. The van der Waals surface area contributed by atoms with Crippen molar-refractivity contribution in [2.24, 2.45) is 0 Å². The Hall–Kier alpha value is -2.57. The molecule has 0 aromatic heterocycles. The van der Waals surface area contributed by atoms with E-state index in [1.807, 2.05) is 0 Å². The third-order valence-corrected chi connectivity index (χ3v) is 4.80. The molecule has 1 amide bonds. The van der Waals surface area contributed by atoms with Crippen LogP contribution < -0.4 is 5.32 Å². The summed E-state index contributed by atoms with van der Waals surface area (Å²) in [4.78, 5) is 33.4. The molecule has 0 bridgehead atoms. The Balaban J connectivity index is 1.96. The van der Waals surface area contributed by atoms with Crippen LogP contribution in [0, 0.1) is 0 Å². The largest absolute Gasteiger partial charge is 0.481 e. The van der Waals surface area contributed by atoms with E-state index in [4.69, 9.17) is 14.9 Å². The van der Waals surface area contributed by atoms with E-state index >= 15 is 0 Å². The molecule has 0 aromatic carbocycles. The second kappa shape index (κ2) is 15.3. The maximum absolute atomic E-state index is 11.8. The summed E-state index contributed by atoms with van der Waals surface area (Å²) in [5.41, 5.74) is 0. The summed E-state index contributed by atoms with van der Waals surface area (Å²) in [6.45, 7) is 2.09. The number of hydrogen-bond acceptors (Lipinski definition) is 4. The van der Waals surface area contributed by atoms with Gasteiger partial charge in [0.1, 0.15) is 17.6 Å². The number of carboxylic acids is 2. The van der Waals surface area contributed by atoms with Crippen molar-refractivity contribution < 1.29 is 29.3 Å². The molecule has 30 heavy (non-hydrogen) atoms. The summed E-state index contributed by atoms with van der Waals surface area (Å²) in [6.07, 6.45) is 17.3. The Kier molecular flexibility index (Phi) is 13.0. The van der Waals surface area contributed by atoms with E-state index in [-0.39, 0.29) is 25.2 Å². The smallest absolute Gasteiger partial charge is 0.326 e. The SMILES string of the molecule is CCC1=C(C/C=C\C/C=C\CCCCCCCC(=O)NC(CCC(=O)O)C(=O)O)O1. The number of unbranched alkanes of at least 4 members (excludes halogenated alkanes) is 5. The topological polar surface area (TPSA) is 116 Å². The summed E-state index contributed by atoms with van der Waals surface area (Å²) >= 11 is 0. The van der Waals surface area contributed by atoms with Gasteiger partial charge in [-0.3, -0.25) is 9.59 Å². The average Bonchev–Trinajstić information content (AvgIpc) is 3.46. The molecule has 1 rings (SSSR count). The quantitative estimate of drug-likeness (QED) is 0.218. The van der Waals surface area contributed by atoms with Crippen molar-refractivity contribution in [3.05, 3.63) is 35.8 Å². The van der Waals surface area contributed by atoms with Gasteiger partial charge >= 0.3 is 11.9 Å². The van der Waals surface area contributed by atoms with Crippen LogP contribution in [0.5, 0.6) is 0 Å². The summed E-state index contributed by atoms with van der Waals surface area (Å²) < 4.78 is 5.32. The van der Waals surface area contributed by atoms with Crippen LogP contribution in [0.3, 0.4) is 0 Å². The van der Waals surface area contributed by atoms with Crippen molar-refractivity contribution in [1.82, 2.24) is 5.32 Å². The van der Waals surface area contributed by atoms with Gasteiger partial charge in [0.25, 0.3) is 0 Å². The third-order valence-electron chi connectivity index (χ3n) is 4.80. The molecule has 3 N–H and O–H groups in total. The van der Waals surface area contributed by atoms with Gasteiger partial charge in [-0.1, -0.05) is 50.5 Å². The van der Waals surface area contributed by atoms with Crippen molar-refractivity contribution in [3.63, 3.8) is 0 Å². The fraction of sp³-hybridized carbons (Fsp3) is 0.609. The van der Waals surface area contributed by atoms with Crippen LogP contribution in [-0.4, -0.2) is 34.1 Å². The Morgan fingerprint density at radius 2 is 1.63 bits per heavy atom. The molecule has 0 saturated heterocycles. The second-order valence-corrected chi connectivity index (χ2v) is 7.38. The van der Waals surface area contributed by atoms with E-state index in [1.54, 1.807) is 0 Å². The molecule has 7 heteroatoms.